The highest BCUT2D eigenvalue weighted by molar-refractivity contribution is 7.90. The number of aromatic nitrogens is 3. The van der Waals surface area contributed by atoms with Crippen molar-refractivity contribution >= 4 is 10.0 Å². The number of nitrogens with zero attached hydrogens (tertiary/aromatic N) is 4. The Hall–Kier alpha value is -1.77. The molecule has 1 saturated carbocycles. The van der Waals surface area contributed by atoms with Gasteiger partial charge in [-0.2, -0.15) is 5.10 Å². The van der Waals surface area contributed by atoms with E-state index in [0.29, 0.717) is 12.5 Å². The van der Waals surface area contributed by atoms with Gasteiger partial charge in [-0.05, 0) is 42.9 Å². The predicted molar refractivity (Wildman–Crippen MR) is 98.6 cm³/mol. The molecule has 7 nitrogen and oxygen atoms in total. The summed E-state index contributed by atoms with van der Waals surface area (Å²) in [6, 6.07) is 6.12. The average Bonchev–Trinajstić information content (AvgIpc) is 3.41. The van der Waals surface area contributed by atoms with Gasteiger partial charge in [0.05, 0.1) is 10.9 Å². The molecule has 1 aliphatic heterocycles. The van der Waals surface area contributed by atoms with Crippen LogP contribution in [0.25, 0.3) is 0 Å². The number of rotatable bonds is 7. The van der Waals surface area contributed by atoms with E-state index in [-0.39, 0.29) is 5.25 Å². The summed E-state index contributed by atoms with van der Waals surface area (Å²) in [6.07, 6.45) is 7.95. The molecule has 1 atom stereocenters. The Labute approximate surface area is 154 Å². The summed E-state index contributed by atoms with van der Waals surface area (Å²) in [5.74, 6) is 0.356. The van der Waals surface area contributed by atoms with Gasteiger partial charge in [0.25, 0.3) is 0 Å². The van der Waals surface area contributed by atoms with Crippen molar-refractivity contribution in [3.8, 4) is 0 Å². The van der Waals surface area contributed by atoms with Crippen LogP contribution in [0.3, 0.4) is 0 Å². The molecule has 1 N–H and O–H groups in total. The number of hydrogen-bond acceptors (Lipinski definition) is 5. The van der Waals surface area contributed by atoms with Gasteiger partial charge in [-0.1, -0.05) is 6.07 Å². The summed E-state index contributed by atoms with van der Waals surface area (Å²) in [4.78, 5) is 6.61. The highest BCUT2D eigenvalue weighted by Gasteiger charge is 2.35. The number of hydrogen-bond donors (Lipinski definition) is 1. The standard InChI is InChI=1S/C18H25N5O2S/c24-26(25,18-3-4-18)21-9-5-16-12-22(11-15-2-1-7-19-10-15)14-17-6-8-20-23(17)13-16/h1-2,6-8,10,16,18,21H,3-5,9,11-14H2/t16-/m1/s1. The second-order valence-electron chi connectivity index (χ2n) is 7.33. The maximum atomic E-state index is 12.0. The van der Waals surface area contributed by atoms with E-state index in [1.54, 1.807) is 6.20 Å². The van der Waals surface area contributed by atoms with Gasteiger partial charge in [0.1, 0.15) is 0 Å². The Morgan fingerprint density at radius 1 is 1.19 bits per heavy atom. The van der Waals surface area contributed by atoms with Crippen molar-refractivity contribution in [2.45, 2.75) is 44.1 Å². The third kappa shape index (κ3) is 4.31. The largest absolute Gasteiger partial charge is 0.293 e. The van der Waals surface area contributed by atoms with E-state index in [1.807, 2.05) is 18.5 Å². The van der Waals surface area contributed by atoms with Gasteiger partial charge in [0, 0.05) is 51.3 Å². The summed E-state index contributed by atoms with van der Waals surface area (Å²) >= 11 is 0. The van der Waals surface area contributed by atoms with E-state index in [2.05, 4.69) is 36.5 Å². The number of nitrogens with one attached hydrogen (secondary N) is 1. The van der Waals surface area contributed by atoms with Crippen molar-refractivity contribution in [3.63, 3.8) is 0 Å². The first-order valence-corrected chi connectivity index (χ1v) is 10.8. The molecule has 2 aromatic heterocycles. The van der Waals surface area contributed by atoms with Crippen LogP contribution >= 0.6 is 0 Å². The van der Waals surface area contributed by atoms with Gasteiger partial charge in [0.15, 0.2) is 0 Å². The fourth-order valence-corrected chi connectivity index (χ4v) is 4.97. The zero-order valence-electron chi connectivity index (χ0n) is 14.8. The number of pyridine rings is 1. The maximum absolute atomic E-state index is 12.0. The molecule has 0 radical (unpaired) electrons. The van der Waals surface area contributed by atoms with Gasteiger partial charge < -0.3 is 0 Å². The predicted octanol–water partition coefficient (Wildman–Crippen LogP) is 1.38. The zero-order valence-corrected chi connectivity index (χ0v) is 15.6. The molecule has 26 heavy (non-hydrogen) atoms. The Morgan fingerprint density at radius 2 is 2.08 bits per heavy atom. The lowest BCUT2D eigenvalue weighted by Gasteiger charge is -2.24. The Bertz CT molecular complexity index is 832. The van der Waals surface area contributed by atoms with Crippen molar-refractivity contribution in [2.75, 3.05) is 13.1 Å². The van der Waals surface area contributed by atoms with Crippen LogP contribution in [0.4, 0.5) is 0 Å². The topological polar surface area (TPSA) is 80.1 Å². The van der Waals surface area contributed by atoms with Crippen LogP contribution in [-0.2, 0) is 29.7 Å². The van der Waals surface area contributed by atoms with Crippen molar-refractivity contribution in [2.24, 2.45) is 5.92 Å². The molecule has 2 aliphatic rings. The summed E-state index contributed by atoms with van der Waals surface area (Å²) in [7, 11) is -3.10. The van der Waals surface area contributed by atoms with Crippen LogP contribution in [0.2, 0.25) is 0 Å². The molecule has 0 unspecified atom stereocenters. The first-order valence-electron chi connectivity index (χ1n) is 9.20. The van der Waals surface area contributed by atoms with Crippen LogP contribution in [0.15, 0.2) is 36.8 Å². The van der Waals surface area contributed by atoms with E-state index in [1.165, 1.54) is 11.3 Å². The highest BCUT2D eigenvalue weighted by Crippen LogP contribution is 2.27. The third-order valence-corrected chi connectivity index (χ3v) is 7.04. The summed E-state index contributed by atoms with van der Waals surface area (Å²) in [6.45, 7) is 3.93. The van der Waals surface area contributed by atoms with Gasteiger partial charge >= 0.3 is 0 Å². The molecule has 0 bridgehead atoms. The molecule has 8 heteroatoms. The normalized spacial score (nSPS) is 21.3. The van der Waals surface area contributed by atoms with E-state index in [9.17, 15) is 8.42 Å². The minimum Gasteiger partial charge on any atom is -0.293 e. The Kier molecular flexibility index (Phi) is 5.06. The van der Waals surface area contributed by atoms with Gasteiger partial charge in [-0.25, -0.2) is 13.1 Å². The zero-order chi connectivity index (χ0) is 18.0. The minimum absolute atomic E-state index is 0.156. The molecule has 1 aliphatic carbocycles. The van der Waals surface area contributed by atoms with E-state index >= 15 is 0 Å². The second kappa shape index (κ2) is 7.46. The maximum Gasteiger partial charge on any atom is 0.214 e. The lowest BCUT2D eigenvalue weighted by molar-refractivity contribution is 0.215. The fraction of sp³-hybridized carbons (Fsp3) is 0.556. The monoisotopic (exact) mass is 375 g/mol. The van der Waals surface area contributed by atoms with Crippen LogP contribution in [0.5, 0.6) is 0 Å². The molecular weight excluding hydrogens is 350 g/mol. The van der Waals surface area contributed by atoms with Crippen LogP contribution < -0.4 is 4.72 Å². The molecule has 0 saturated heterocycles. The van der Waals surface area contributed by atoms with Gasteiger partial charge in [0.2, 0.25) is 10.0 Å². The second-order valence-corrected chi connectivity index (χ2v) is 9.37. The molecular formula is C18H25N5O2S. The van der Waals surface area contributed by atoms with Crippen LogP contribution in [-0.4, -0.2) is 46.4 Å². The number of fused-ring (bicyclic) bond motifs is 1. The van der Waals surface area contributed by atoms with E-state index < -0.39 is 10.0 Å². The molecule has 140 valence electrons. The summed E-state index contributed by atoms with van der Waals surface area (Å²) in [5.41, 5.74) is 2.39. The van der Waals surface area contributed by atoms with Gasteiger partial charge in [-0.15, -0.1) is 0 Å². The smallest absolute Gasteiger partial charge is 0.214 e. The van der Waals surface area contributed by atoms with Crippen molar-refractivity contribution < 1.29 is 8.42 Å². The summed E-state index contributed by atoms with van der Waals surface area (Å²) in [5, 5.41) is 4.29. The van der Waals surface area contributed by atoms with Crippen LogP contribution in [0.1, 0.15) is 30.5 Å². The third-order valence-electron chi connectivity index (χ3n) is 5.09. The number of sulfonamides is 1. The molecule has 2 aromatic rings. The quantitative estimate of drug-likeness (QED) is 0.791. The molecule has 3 heterocycles. The van der Waals surface area contributed by atoms with E-state index in [0.717, 1.165) is 45.4 Å². The molecule has 4 rings (SSSR count). The molecule has 0 aromatic carbocycles. The summed E-state index contributed by atoms with van der Waals surface area (Å²) < 4.78 is 28.9. The minimum atomic E-state index is -3.10. The lowest BCUT2D eigenvalue weighted by Crippen LogP contribution is -2.32. The first kappa shape index (κ1) is 17.6. The fourth-order valence-electron chi connectivity index (χ4n) is 3.57. The average molecular weight is 375 g/mol. The SMILES string of the molecule is O=S(=O)(NCC[C@@H]1CN(Cc2cccnc2)Cc2ccnn2C1)C1CC1. The van der Waals surface area contributed by atoms with Gasteiger partial charge in [-0.3, -0.25) is 14.6 Å². The molecule has 0 amide bonds. The molecule has 0 spiro atoms. The lowest BCUT2D eigenvalue weighted by atomic mass is 10.1. The van der Waals surface area contributed by atoms with Crippen molar-refractivity contribution in [1.29, 1.82) is 0 Å². The highest BCUT2D eigenvalue weighted by atomic mass is 32.2. The Balaban J connectivity index is 1.40. The van der Waals surface area contributed by atoms with Crippen LogP contribution in [0, 0.1) is 5.92 Å². The Morgan fingerprint density at radius 3 is 2.85 bits per heavy atom. The first-order chi connectivity index (χ1) is 12.6. The van der Waals surface area contributed by atoms with Crippen molar-refractivity contribution in [3.05, 3.63) is 48.0 Å². The molecule has 1 fully saturated rings. The van der Waals surface area contributed by atoms with Crippen molar-refractivity contribution in [1.82, 2.24) is 24.4 Å². The van der Waals surface area contributed by atoms with E-state index in [4.69, 9.17) is 0 Å².